The van der Waals surface area contributed by atoms with Gasteiger partial charge in [-0.2, -0.15) is 0 Å². The summed E-state index contributed by atoms with van der Waals surface area (Å²) in [6.07, 6.45) is 15.4. The van der Waals surface area contributed by atoms with E-state index in [2.05, 4.69) is 38.5 Å². The van der Waals surface area contributed by atoms with E-state index >= 15 is 0 Å². The van der Waals surface area contributed by atoms with Crippen LogP contribution in [0.1, 0.15) is 119 Å². The number of nitrogens with two attached hydrogens (primary N) is 1. The molecule has 5 heteroatoms. The van der Waals surface area contributed by atoms with Crippen LogP contribution >= 0.6 is 0 Å². The first-order valence-electron chi connectivity index (χ1n) is 19.1. The summed E-state index contributed by atoms with van der Waals surface area (Å²) < 4.78 is 17.8. The number of carbonyl (C=O) groups is 1. The summed E-state index contributed by atoms with van der Waals surface area (Å²) >= 11 is 0. The first kappa shape index (κ1) is 37.1. The predicted molar refractivity (Wildman–Crippen MR) is 189 cm³/mol. The molecule has 8 rings (SSSR count). The van der Waals surface area contributed by atoms with Crippen molar-refractivity contribution < 1.29 is 19.0 Å². The molecule has 1 aromatic rings. The fourth-order valence-electron chi connectivity index (χ4n) is 11.3. The largest absolute Gasteiger partial charge is 0.463 e. The van der Waals surface area contributed by atoms with Crippen LogP contribution in [-0.2, 0) is 25.6 Å². The Labute approximate surface area is 281 Å². The summed E-state index contributed by atoms with van der Waals surface area (Å²) in [6.45, 7) is 21.1. The molecule has 2 saturated heterocycles. The summed E-state index contributed by atoms with van der Waals surface area (Å²) in [4.78, 5) is 9.76. The van der Waals surface area contributed by atoms with E-state index in [1.807, 2.05) is 63.6 Å². The Morgan fingerprint density at radius 3 is 2.46 bits per heavy atom. The van der Waals surface area contributed by atoms with Gasteiger partial charge < -0.3 is 19.9 Å². The molecule has 2 bridgehead atoms. The quantitative estimate of drug-likeness (QED) is 0.227. The molecular weight excluding hydrogens is 570 g/mol. The molecule has 260 valence electrons. The van der Waals surface area contributed by atoms with Gasteiger partial charge in [0.2, 0.25) is 0 Å². The Morgan fingerprint density at radius 2 is 1.78 bits per heavy atom. The van der Waals surface area contributed by atoms with Crippen molar-refractivity contribution in [1.29, 1.82) is 0 Å². The van der Waals surface area contributed by atoms with Gasteiger partial charge in [-0.25, -0.2) is 0 Å². The van der Waals surface area contributed by atoms with Crippen LogP contribution in [0.15, 0.2) is 42.0 Å². The lowest BCUT2D eigenvalue weighted by Crippen LogP contribution is -2.53. The van der Waals surface area contributed by atoms with Crippen molar-refractivity contribution in [2.45, 2.75) is 131 Å². The Hall–Kier alpha value is -1.69. The van der Waals surface area contributed by atoms with Crippen molar-refractivity contribution in [1.82, 2.24) is 0 Å². The smallest absolute Gasteiger partial charge is 0.293 e. The Bertz CT molecular complexity index is 1120. The van der Waals surface area contributed by atoms with Crippen LogP contribution in [0.25, 0.3) is 0 Å². The van der Waals surface area contributed by atoms with E-state index in [1.165, 1.54) is 57.8 Å². The molecule has 1 aromatic carbocycles. The van der Waals surface area contributed by atoms with E-state index in [1.54, 1.807) is 0 Å². The maximum atomic E-state index is 9.76. The molecule has 6 fully saturated rings. The average molecular weight is 638 g/mol. The number of benzene rings is 1. The van der Waals surface area contributed by atoms with Gasteiger partial charge >= 0.3 is 0 Å². The van der Waals surface area contributed by atoms with Crippen molar-refractivity contribution in [3.63, 3.8) is 0 Å². The molecule has 0 aromatic heterocycles. The topological polar surface area (TPSA) is 70.8 Å². The number of rotatable bonds is 8. The van der Waals surface area contributed by atoms with Gasteiger partial charge in [-0.05, 0) is 104 Å². The summed E-state index contributed by atoms with van der Waals surface area (Å²) in [5.74, 6) is 5.51. The third kappa shape index (κ3) is 6.51. The highest BCUT2D eigenvalue weighted by Gasteiger charge is 2.84. The number of carbonyl (C=O) groups excluding carboxylic acids is 1. The minimum absolute atomic E-state index is 0.109. The number of hydrogen-bond donors (Lipinski definition) is 1. The zero-order valence-corrected chi connectivity index (χ0v) is 30.6. The summed E-state index contributed by atoms with van der Waals surface area (Å²) in [6, 6.07) is 9.55. The van der Waals surface area contributed by atoms with E-state index in [9.17, 15) is 4.79 Å². The van der Waals surface area contributed by atoms with Crippen LogP contribution in [0.3, 0.4) is 0 Å². The van der Waals surface area contributed by atoms with Crippen molar-refractivity contribution in [2.75, 3.05) is 19.8 Å². The van der Waals surface area contributed by atoms with Crippen molar-refractivity contribution in [3.8, 4) is 0 Å². The standard InChI is InChI=1S/C29H47NO2.C8H8O2.2C2H6/c1-18(2)15-20-9-11-27(4)21(16-20)5-6-25-24(27)8-7-23-22-17-32-28(19(3)29(23,25)28)12-10-26(22)31-14-13-30;9-7-10-6-8-4-2-1-3-5-8;2*1-2/h6,18-24,26H,5,7-17,30H2,1-4H3;1-5,7H,6H2;2*1-2H3. The van der Waals surface area contributed by atoms with E-state index in [-0.39, 0.29) is 5.60 Å². The minimum atomic E-state index is 0.109. The highest BCUT2D eigenvalue weighted by molar-refractivity contribution is 5.46. The molecular formula is C41H67NO4. The molecule has 0 radical (unpaired) electrons. The fourth-order valence-corrected chi connectivity index (χ4v) is 11.3. The number of ether oxygens (including phenoxy) is 3. The number of hydrogen-bond acceptors (Lipinski definition) is 5. The van der Waals surface area contributed by atoms with Crippen molar-refractivity contribution in [2.24, 2.45) is 58.0 Å². The average Bonchev–Trinajstić information content (AvgIpc) is 3.72. The first-order valence-corrected chi connectivity index (χ1v) is 19.1. The molecule has 5 aliphatic carbocycles. The highest BCUT2D eigenvalue weighted by Crippen LogP contribution is 2.83. The van der Waals surface area contributed by atoms with E-state index < -0.39 is 0 Å². The third-order valence-electron chi connectivity index (χ3n) is 13.0. The van der Waals surface area contributed by atoms with Crippen LogP contribution in [0.2, 0.25) is 0 Å². The summed E-state index contributed by atoms with van der Waals surface area (Å²) in [5.41, 5.74) is 9.63. The van der Waals surface area contributed by atoms with Gasteiger partial charge in [0, 0.05) is 17.9 Å². The Morgan fingerprint density at radius 1 is 1.04 bits per heavy atom. The molecule has 4 saturated carbocycles. The van der Waals surface area contributed by atoms with E-state index in [0.717, 1.165) is 41.8 Å². The van der Waals surface area contributed by atoms with Gasteiger partial charge in [-0.1, -0.05) is 97.4 Å². The Kier molecular flexibility index (Phi) is 13.0. The lowest BCUT2D eigenvalue weighted by molar-refractivity contribution is -0.129. The van der Waals surface area contributed by atoms with Gasteiger partial charge in [-0.15, -0.1) is 0 Å². The maximum Gasteiger partial charge on any atom is 0.293 e. The van der Waals surface area contributed by atoms with Crippen molar-refractivity contribution in [3.05, 3.63) is 47.5 Å². The molecule has 0 amide bonds. The number of allylic oxidation sites excluding steroid dienone is 1. The minimum Gasteiger partial charge on any atom is -0.463 e. The fraction of sp³-hybridized carbons (Fsp3) is 0.780. The second-order valence-corrected chi connectivity index (χ2v) is 15.2. The van der Waals surface area contributed by atoms with E-state index in [4.69, 9.17) is 15.2 Å². The molecule has 7 aliphatic rings. The highest BCUT2D eigenvalue weighted by atomic mass is 16.5. The number of fused-ring (bicyclic) bond motifs is 6. The predicted octanol–water partition coefficient (Wildman–Crippen LogP) is 9.38. The van der Waals surface area contributed by atoms with Crippen LogP contribution in [-0.4, -0.2) is 37.9 Å². The van der Waals surface area contributed by atoms with Gasteiger partial charge in [0.05, 0.1) is 24.9 Å². The van der Waals surface area contributed by atoms with Gasteiger partial charge in [0.15, 0.2) is 0 Å². The van der Waals surface area contributed by atoms with Gasteiger partial charge in [-0.3, -0.25) is 4.79 Å². The lowest BCUT2D eigenvalue weighted by Gasteiger charge is -2.59. The monoisotopic (exact) mass is 638 g/mol. The second-order valence-electron chi connectivity index (χ2n) is 15.2. The van der Waals surface area contributed by atoms with Gasteiger partial charge in [0.1, 0.15) is 6.61 Å². The van der Waals surface area contributed by atoms with Crippen LogP contribution in [0.4, 0.5) is 0 Å². The zero-order chi connectivity index (χ0) is 33.5. The molecule has 2 aliphatic heterocycles. The third-order valence-corrected chi connectivity index (χ3v) is 13.0. The van der Waals surface area contributed by atoms with E-state index in [0.29, 0.717) is 55.0 Å². The molecule has 46 heavy (non-hydrogen) atoms. The summed E-state index contributed by atoms with van der Waals surface area (Å²) in [7, 11) is 0. The molecule has 2 spiro atoms. The second kappa shape index (κ2) is 16.1. The molecule has 10 atom stereocenters. The summed E-state index contributed by atoms with van der Waals surface area (Å²) in [5, 5.41) is 0. The molecule has 2 heterocycles. The molecule has 5 nitrogen and oxygen atoms in total. The normalized spacial score (nSPS) is 39.4. The SMILES string of the molecule is CC.CC.CC(C)CC1CCC2(C)C(CC=C3C2CCC2C4COC5(CCC4OCCN)C(C)C325)C1.O=COCc1ccccc1. The van der Waals surface area contributed by atoms with Gasteiger partial charge in [0.25, 0.3) is 6.47 Å². The van der Waals surface area contributed by atoms with Crippen molar-refractivity contribution >= 4 is 6.47 Å². The maximum absolute atomic E-state index is 9.76. The zero-order valence-electron chi connectivity index (χ0n) is 30.6. The van der Waals surface area contributed by atoms with Crippen LogP contribution in [0, 0.1) is 52.3 Å². The molecule has 2 N–H and O–H groups in total. The molecule has 10 unspecified atom stereocenters. The Balaban J connectivity index is 0.000000291. The van der Waals surface area contributed by atoms with Crippen LogP contribution < -0.4 is 5.73 Å². The van der Waals surface area contributed by atoms with Crippen LogP contribution in [0.5, 0.6) is 0 Å². The lowest BCUT2D eigenvalue weighted by atomic mass is 9.47. The first-order chi connectivity index (χ1) is 22.3.